The second kappa shape index (κ2) is 6.86. The number of rotatable bonds is 3. The van der Waals surface area contributed by atoms with Gasteiger partial charge in [0.25, 0.3) is 0 Å². The zero-order valence-electron chi connectivity index (χ0n) is 13.8. The maximum absolute atomic E-state index is 10.6. The smallest absolute Gasteiger partial charge is 0.225 e. The molecule has 3 aromatic rings. The predicted molar refractivity (Wildman–Crippen MR) is 100 cm³/mol. The van der Waals surface area contributed by atoms with E-state index in [0.29, 0.717) is 17.3 Å². The van der Waals surface area contributed by atoms with Gasteiger partial charge in [-0.2, -0.15) is 0 Å². The molecule has 0 amide bonds. The molecule has 0 unspecified atom stereocenters. The Balaban J connectivity index is 1.49. The molecule has 6 heteroatoms. The molecule has 25 heavy (non-hydrogen) atoms. The van der Waals surface area contributed by atoms with E-state index in [1.54, 1.807) is 12.4 Å². The minimum absolute atomic E-state index is 0.328. The first-order chi connectivity index (χ1) is 12.2. The van der Waals surface area contributed by atoms with Crippen molar-refractivity contribution in [2.24, 2.45) is 0 Å². The number of hydrogen-bond acceptors (Lipinski definition) is 5. The van der Waals surface area contributed by atoms with E-state index in [1.165, 1.54) is 0 Å². The summed E-state index contributed by atoms with van der Waals surface area (Å²) in [5.74, 6) is 1.10. The molecular formula is C19H19ClN4O. The maximum atomic E-state index is 10.6. The van der Waals surface area contributed by atoms with Gasteiger partial charge in [-0.25, -0.2) is 9.97 Å². The molecule has 1 N–H and O–H groups in total. The molecule has 2 heterocycles. The summed E-state index contributed by atoms with van der Waals surface area (Å²) in [6, 6.07) is 11.4. The third kappa shape index (κ3) is 3.25. The minimum Gasteiger partial charge on any atom is -0.507 e. The number of aromatic hydroxyl groups is 1. The normalized spacial score (nSPS) is 15.6. The zero-order chi connectivity index (χ0) is 17.2. The van der Waals surface area contributed by atoms with Crippen LogP contribution in [0.3, 0.4) is 0 Å². The fourth-order valence-electron chi connectivity index (χ4n) is 3.29. The predicted octanol–water partition coefficient (Wildman–Crippen LogP) is 3.31. The Labute approximate surface area is 151 Å². The lowest BCUT2D eigenvalue weighted by Crippen LogP contribution is -2.46. The first-order valence-electron chi connectivity index (χ1n) is 8.36. The molecule has 1 aliphatic heterocycles. The number of nitrogens with zero attached hydrogens (tertiary/aromatic N) is 4. The molecule has 0 bridgehead atoms. The summed E-state index contributed by atoms with van der Waals surface area (Å²) < 4.78 is 0. The van der Waals surface area contributed by atoms with Gasteiger partial charge < -0.3 is 10.0 Å². The average Bonchev–Trinajstić information content (AvgIpc) is 2.67. The van der Waals surface area contributed by atoms with Crippen molar-refractivity contribution in [3.8, 4) is 5.75 Å². The molecule has 0 spiro atoms. The van der Waals surface area contributed by atoms with Crippen LogP contribution >= 0.6 is 11.6 Å². The highest BCUT2D eigenvalue weighted by molar-refractivity contribution is 6.35. The van der Waals surface area contributed by atoms with Gasteiger partial charge in [0.05, 0.1) is 0 Å². The van der Waals surface area contributed by atoms with Crippen LogP contribution in [0.15, 0.2) is 48.8 Å². The Hall–Kier alpha value is -2.37. The summed E-state index contributed by atoms with van der Waals surface area (Å²) in [5.41, 5.74) is 0.869. The van der Waals surface area contributed by atoms with Gasteiger partial charge in [0.1, 0.15) is 5.75 Å². The second-order valence-electron chi connectivity index (χ2n) is 6.22. The summed E-state index contributed by atoms with van der Waals surface area (Å²) in [5, 5.41) is 13.0. The van der Waals surface area contributed by atoms with E-state index in [0.717, 1.165) is 48.5 Å². The molecule has 2 aromatic carbocycles. The lowest BCUT2D eigenvalue weighted by atomic mass is 10.0. The van der Waals surface area contributed by atoms with Crippen LogP contribution < -0.4 is 4.90 Å². The Morgan fingerprint density at radius 1 is 0.960 bits per heavy atom. The lowest BCUT2D eigenvalue weighted by Gasteiger charge is -2.34. The molecule has 0 aliphatic carbocycles. The molecule has 0 saturated carbocycles. The maximum Gasteiger partial charge on any atom is 0.225 e. The number of piperazine rings is 1. The summed E-state index contributed by atoms with van der Waals surface area (Å²) in [7, 11) is 0. The molecule has 0 atom stereocenters. The first-order valence-corrected chi connectivity index (χ1v) is 8.73. The van der Waals surface area contributed by atoms with Gasteiger partial charge in [-0.3, -0.25) is 4.90 Å². The van der Waals surface area contributed by atoms with Crippen molar-refractivity contribution < 1.29 is 5.11 Å². The van der Waals surface area contributed by atoms with Crippen molar-refractivity contribution in [3.05, 3.63) is 59.4 Å². The van der Waals surface area contributed by atoms with E-state index in [-0.39, 0.29) is 0 Å². The van der Waals surface area contributed by atoms with Crippen molar-refractivity contribution in [1.82, 2.24) is 14.9 Å². The molecule has 128 valence electrons. The first kappa shape index (κ1) is 16.1. The third-order valence-electron chi connectivity index (χ3n) is 4.65. The quantitative estimate of drug-likeness (QED) is 0.782. The molecule has 4 rings (SSSR count). The van der Waals surface area contributed by atoms with Crippen LogP contribution in [0, 0.1) is 0 Å². The van der Waals surface area contributed by atoms with Crippen molar-refractivity contribution >= 4 is 28.3 Å². The fourth-order valence-corrected chi connectivity index (χ4v) is 3.59. The summed E-state index contributed by atoms with van der Waals surface area (Å²) in [4.78, 5) is 13.1. The SMILES string of the molecule is Oc1c(CN2CCN(c3ncccn3)CC2)cc(Cl)c2ccccc12. The number of phenolic OH excluding ortho intramolecular Hbond substituents is 1. The van der Waals surface area contributed by atoms with Crippen molar-refractivity contribution in [3.63, 3.8) is 0 Å². The summed E-state index contributed by atoms with van der Waals surface area (Å²) in [6.45, 7) is 4.20. The van der Waals surface area contributed by atoms with Gasteiger partial charge in [0.15, 0.2) is 0 Å². The fraction of sp³-hybridized carbons (Fsp3) is 0.263. The van der Waals surface area contributed by atoms with Crippen LogP contribution in [-0.4, -0.2) is 46.2 Å². The standard InChI is InChI=1S/C19H19ClN4O/c20-17-12-14(18(25)16-5-2-1-4-15(16)17)13-23-8-10-24(11-9-23)19-21-6-3-7-22-19/h1-7,12,25H,8-11,13H2. The van der Waals surface area contributed by atoms with E-state index in [1.807, 2.05) is 36.4 Å². The highest BCUT2D eigenvalue weighted by Crippen LogP contribution is 2.35. The molecule has 0 radical (unpaired) electrons. The van der Waals surface area contributed by atoms with Crippen LogP contribution in [0.2, 0.25) is 5.02 Å². The van der Waals surface area contributed by atoms with Gasteiger partial charge in [0, 0.05) is 66.5 Å². The zero-order valence-corrected chi connectivity index (χ0v) is 14.5. The van der Waals surface area contributed by atoms with E-state index >= 15 is 0 Å². The number of aromatic nitrogens is 2. The van der Waals surface area contributed by atoms with Gasteiger partial charge >= 0.3 is 0 Å². The van der Waals surface area contributed by atoms with Gasteiger partial charge in [-0.15, -0.1) is 0 Å². The molecule has 1 aliphatic rings. The van der Waals surface area contributed by atoms with Gasteiger partial charge in [-0.1, -0.05) is 35.9 Å². The lowest BCUT2D eigenvalue weighted by molar-refractivity contribution is 0.246. The summed E-state index contributed by atoms with van der Waals surface area (Å²) >= 11 is 6.40. The highest BCUT2D eigenvalue weighted by Gasteiger charge is 2.20. The molecule has 5 nitrogen and oxygen atoms in total. The number of anilines is 1. The van der Waals surface area contributed by atoms with Crippen molar-refractivity contribution in [1.29, 1.82) is 0 Å². The Morgan fingerprint density at radius 2 is 1.64 bits per heavy atom. The van der Waals surface area contributed by atoms with Crippen LogP contribution in [0.25, 0.3) is 10.8 Å². The topological polar surface area (TPSA) is 52.5 Å². The molecule has 1 aromatic heterocycles. The van der Waals surface area contributed by atoms with Gasteiger partial charge in [-0.05, 0) is 12.1 Å². The van der Waals surface area contributed by atoms with Gasteiger partial charge in [0.2, 0.25) is 5.95 Å². The number of benzene rings is 2. The average molecular weight is 355 g/mol. The van der Waals surface area contributed by atoms with E-state index in [4.69, 9.17) is 11.6 Å². The molecule has 1 saturated heterocycles. The van der Waals surface area contributed by atoms with E-state index < -0.39 is 0 Å². The largest absolute Gasteiger partial charge is 0.507 e. The van der Waals surface area contributed by atoms with Crippen molar-refractivity contribution in [2.75, 3.05) is 31.1 Å². The Bertz CT molecular complexity index is 879. The third-order valence-corrected chi connectivity index (χ3v) is 4.96. The van der Waals surface area contributed by atoms with Crippen LogP contribution in [0.5, 0.6) is 5.75 Å². The van der Waals surface area contributed by atoms with E-state index in [9.17, 15) is 5.11 Å². The summed E-state index contributed by atoms with van der Waals surface area (Å²) in [6.07, 6.45) is 3.54. The van der Waals surface area contributed by atoms with Crippen LogP contribution in [0.1, 0.15) is 5.56 Å². The Kier molecular flexibility index (Phi) is 4.42. The van der Waals surface area contributed by atoms with Crippen molar-refractivity contribution in [2.45, 2.75) is 6.54 Å². The Morgan fingerprint density at radius 3 is 2.36 bits per heavy atom. The number of hydrogen-bond donors (Lipinski definition) is 1. The van der Waals surface area contributed by atoms with E-state index in [2.05, 4.69) is 19.8 Å². The molecule has 1 fully saturated rings. The number of fused-ring (bicyclic) bond motifs is 1. The van der Waals surface area contributed by atoms with Crippen LogP contribution in [-0.2, 0) is 6.54 Å². The second-order valence-corrected chi connectivity index (χ2v) is 6.63. The minimum atomic E-state index is 0.328. The monoisotopic (exact) mass is 354 g/mol. The van der Waals surface area contributed by atoms with Crippen LogP contribution in [0.4, 0.5) is 5.95 Å². The number of halogens is 1. The number of phenols is 1. The highest BCUT2D eigenvalue weighted by atomic mass is 35.5. The molecular weight excluding hydrogens is 336 g/mol.